The molecule has 0 saturated heterocycles. The number of nitrogens with zero attached hydrogens (tertiary/aromatic N) is 2. The molecule has 0 spiro atoms. The summed E-state index contributed by atoms with van der Waals surface area (Å²) < 4.78 is 0. The molecule has 6 nitrogen and oxygen atoms in total. The lowest BCUT2D eigenvalue weighted by Gasteiger charge is -2.27. The molecule has 3 rings (SSSR count). The van der Waals surface area contributed by atoms with Crippen molar-refractivity contribution < 1.29 is 14.4 Å². The van der Waals surface area contributed by atoms with Gasteiger partial charge < -0.3 is 0 Å². The zero-order valence-corrected chi connectivity index (χ0v) is 13.3. The third-order valence-corrected chi connectivity index (χ3v) is 4.05. The second-order valence-corrected chi connectivity index (χ2v) is 5.53. The summed E-state index contributed by atoms with van der Waals surface area (Å²) in [5.74, 6) is -0.528. The Hall–Kier alpha value is -3.02. The van der Waals surface area contributed by atoms with Crippen molar-refractivity contribution in [3.63, 3.8) is 0 Å². The van der Waals surface area contributed by atoms with Crippen molar-refractivity contribution in [3.8, 4) is 0 Å². The molecule has 1 aliphatic rings. The van der Waals surface area contributed by atoms with Crippen LogP contribution >= 0.6 is 0 Å². The Kier molecular flexibility index (Phi) is 4.37. The SMILES string of the molecule is CCCCN1C(=O)c2cccc3c(N/N=C\C=O)ccc(c23)C1=O. The number of amides is 2. The van der Waals surface area contributed by atoms with Crippen LogP contribution in [0.15, 0.2) is 35.4 Å². The van der Waals surface area contributed by atoms with Crippen LogP contribution in [-0.2, 0) is 4.79 Å². The first kappa shape index (κ1) is 15.9. The van der Waals surface area contributed by atoms with Crippen LogP contribution in [0.3, 0.4) is 0 Å². The van der Waals surface area contributed by atoms with Crippen molar-refractivity contribution in [3.05, 3.63) is 41.5 Å². The van der Waals surface area contributed by atoms with Crippen LogP contribution in [0.2, 0.25) is 0 Å². The number of rotatable bonds is 6. The van der Waals surface area contributed by atoms with E-state index in [1.54, 1.807) is 24.3 Å². The molecule has 1 aliphatic heterocycles. The van der Waals surface area contributed by atoms with Gasteiger partial charge in [0.15, 0.2) is 6.29 Å². The first-order valence-corrected chi connectivity index (χ1v) is 7.83. The van der Waals surface area contributed by atoms with Crippen LogP contribution in [0.1, 0.15) is 40.5 Å². The second-order valence-electron chi connectivity index (χ2n) is 5.53. The third kappa shape index (κ3) is 2.56. The molecule has 1 heterocycles. The van der Waals surface area contributed by atoms with Gasteiger partial charge in [-0.1, -0.05) is 25.5 Å². The lowest BCUT2D eigenvalue weighted by atomic mass is 9.93. The summed E-state index contributed by atoms with van der Waals surface area (Å²) in [4.78, 5) is 37.1. The summed E-state index contributed by atoms with van der Waals surface area (Å²) in [5, 5.41) is 5.14. The Morgan fingerprint density at radius 2 is 1.88 bits per heavy atom. The van der Waals surface area contributed by atoms with Crippen molar-refractivity contribution in [2.45, 2.75) is 19.8 Å². The van der Waals surface area contributed by atoms with Gasteiger partial charge in [-0.05, 0) is 24.6 Å². The molecule has 1 N–H and O–H groups in total. The van der Waals surface area contributed by atoms with E-state index in [-0.39, 0.29) is 11.8 Å². The highest BCUT2D eigenvalue weighted by Crippen LogP contribution is 2.34. The van der Waals surface area contributed by atoms with E-state index in [1.165, 1.54) is 4.90 Å². The number of anilines is 1. The summed E-state index contributed by atoms with van der Waals surface area (Å²) in [7, 11) is 0. The number of carbonyl (C=O) groups excluding carboxylic acids is 3. The summed E-state index contributed by atoms with van der Waals surface area (Å²) >= 11 is 0. The summed E-state index contributed by atoms with van der Waals surface area (Å²) in [6.45, 7) is 2.44. The molecule has 0 fully saturated rings. The number of hydrogen-bond donors (Lipinski definition) is 1. The quantitative estimate of drug-likeness (QED) is 0.384. The van der Waals surface area contributed by atoms with Gasteiger partial charge >= 0.3 is 0 Å². The lowest BCUT2D eigenvalue weighted by molar-refractivity contribution is -0.102. The van der Waals surface area contributed by atoms with Gasteiger partial charge in [-0.15, -0.1) is 0 Å². The molecule has 2 aromatic rings. The molecule has 24 heavy (non-hydrogen) atoms. The van der Waals surface area contributed by atoms with E-state index in [0.717, 1.165) is 24.4 Å². The molecular weight excluding hydrogens is 306 g/mol. The van der Waals surface area contributed by atoms with Gasteiger partial charge in [0.05, 0.1) is 11.9 Å². The van der Waals surface area contributed by atoms with Gasteiger partial charge in [-0.2, -0.15) is 5.10 Å². The van der Waals surface area contributed by atoms with E-state index in [9.17, 15) is 14.4 Å². The van der Waals surface area contributed by atoms with Gasteiger partial charge in [0, 0.05) is 28.4 Å². The van der Waals surface area contributed by atoms with Crippen molar-refractivity contribution in [1.82, 2.24) is 4.90 Å². The highest BCUT2D eigenvalue weighted by Gasteiger charge is 2.32. The first-order valence-electron chi connectivity index (χ1n) is 7.83. The summed E-state index contributed by atoms with van der Waals surface area (Å²) in [6, 6.07) is 8.76. The average Bonchev–Trinajstić information content (AvgIpc) is 2.60. The monoisotopic (exact) mass is 323 g/mol. The maximum atomic E-state index is 12.7. The number of hydrazone groups is 1. The fourth-order valence-electron chi connectivity index (χ4n) is 2.90. The van der Waals surface area contributed by atoms with Crippen molar-refractivity contribution in [1.29, 1.82) is 0 Å². The Morgan fingerprint density at radius 3 is 2.58 bits per heavy atom. The van der Waals surface area contributed by atoms with Crippen molar-refractivity contribution in [2.75, 3.05) is 12.0 Å². The maximum Gasteiger partial charge on any atom is 0.261 e. The summed E-state index contributed by atoms with van der Waals surface area (Å²) in [6.07, 6.45) is 3.35. The molecule has 0 atom stereocenters. The Balaban J connectivity index is 2.13. The predicted octanol–water partition coefficient (Wildman–Crippen LogP) is 2.83. The molecular formula is C18H17N3O3. The van der Waals surface area contributed by atoms with Gasteiger partial charge in [-0.3, -0.25) is 24.7 Å². The van der Waals surface area contributed by atoms with Crippen molar-refractivity contribution >= 4 is 40.8 Å². The van der Waals surface area contributed by atoms with Gasteiger partial charge in [0.1, 0.15) is 0 Å². The van der Waals surface area contributed by atoms with Gasteiger partial charge in [0.25, 0.3) is 11.8 Å². The van der Waals surface area contributed by atoms with Crippen LogP contribution in [-0.4, -0.2) is 35.8 Å². The number of benzene rings is 2. The maximum absolute atomic E-state index is 12.7. The number of hydrogen-bond acceptors (Lipinski definition) is 5. The van der Waals surface area contributed by atoms with E-state index in [1.807, 2.05) is 13.0 Å². The minimum absolute atomic E-state index is 0.264. The first-order chi connectivity index (χ1) is 11.7. The number of carbonyl (C=O) groups is 3. The van der Waals surface area contributed by atoms with Crippen LogP contribution in [0.25, 0.3) is 10.8 Å². The van der Waals surface area contributed by atoms with E-state index in [2.05, 4.69) is 10.5 Å². The van der Waals surface area contributed by atoms with E-state index < -0.39 is 0 Å². The molecule has 6 heteroatoms. The van der Waals surface area contributed by atoms with E-state index in [4.69, 9.17) is 0 Å². The molecule has 2 amide bonds. The molecule has 0 aromatic heterocycles. The Bertz CT molecular complexity index is 836. The van der Waals surface area contributed by atoms with Crippen LogP contribution < -0.4 is 5.43 Å². The standard InChI is InChI=1S/C18H17N3O3/c1-2-3-10-21-17(23)13-6-4-5-12-15(20-19-9-11-22)8-7-14(16(12)13)18(21)24/h4-9,11,20H,2-3,10H2,1H3/b19-9-. The molecule has 122 valence electrons. The highest BCUT2D eigenvalue weighted by atomic mass is 16.2. The zero-order chi connectivity index (χ0) is 17.1. The molecule has 0 unspecified atom stereocenters. The van der Waals surface area contributed by atoms with Gasteiger partial charge in [-0.25, -0.2) is 0 Å². The number of nitrogens with one attached hydrogen (secondary N) is 1. The van der Waals surface area contributed by atoms with E-state index >= 15 is 0 Å². The molecule has 0 bridgehead atoms. The summed E-state index contributed by atoms with van der Waals surface area (Å²) in [5.41, 5.74) is 4.43. The normalized spacial score (nSPS) is 13.8. The van der Waals surface area contributed by atoms with Crippen LogP contribution in [0.4, 0.5) is 5.69 Å². The number of unbranched alkanes of at least 4 members (excludes halogenated alkanes) is 1. The molecule has 0 saturated carbocycles. The molecule has 0 radical (unpaired) electrons. The fraction of sp³-hybridized carbons (Fsp3) is 0.222. The minimum Gasteiger partial charge on any atom is -0.297 e. The van der Waals surface area contributed by atoms with Crippen molar-refractivity contribution in [2.24, 2.45) is 5.10 Å². The third-order valence-electron chi connectivity index (χ3n) is 4.05. The highest BCUT2D eigenvalue weighted by molar-refractivity contribution is 6.26. The van der Waals surface area contributed by atoms with Crippen LogP contribution in [0, 0.1) is 0 Å². The van der Waals surface area contributed by atoms with Gasteiger partial charge in [0.2, 0.25) is 0 Å². The largest absolute Gasteiger partial charge is 0.297 e. The predicted molar refractivity (Wildman–Crippen MR) is 92.4 cm³/mol. The molecule has 2 aromatic carbocycles. The minimum atomic E-state index is -0.264. The smallest absolute Gasteiger partial charge is 0.261 e. The Labute approximate surface area is 139 Å². The lowest BCUT2D eigenvalue weighted by Crippen LogP contribution is -2.40. The number of aldehydes is 1. The van der Waals surface area contributed by atoms with Crippen LogP contribution in [0.5, 0.6) is 0 Å². The average molecular weight is 323 g/mol. The Morgan fingerprint density at radius 1 is 1.12 bits per heavy atom. The zero-order valence-electron chi connectivity index (χ0n) is 13.3. The van der Waals surface area contributed by atoms with E-state index in [0.29, 0.717) is 35.0 Å². The topological polar surface area (TPSA) is 78.8 Å². The fourth-order valence-corrected chi connectivity index (χ4v) is 2.90. The number of imide groups is 1. The molecule has 0 aliphatic carbocycles. The second kappa shape index (κ2) is 6.62.